The summed E-state index contributed by atoms with van der Waals surface area (Å²) >= 11 is 5.97. The molecule has 0 saturated heterocycles. The predicted molar refractivity (Wildman–Crippen MR) is 89.4 cm³/mol. The summed E-state index contributed by atoms with van der Waals surface area (Å²) in [6.07, 6.45) is 1.15. The molecule has 0 heterocycles. The summed E-state index contributed by atoms with van der Waals surface area (Å²) in [4.78, 5) is 0. The molecule has 3 heteroatoms. The molecule has 0 aliphatic carbocycles. The van der Waals surface area contributed by atoms with Crippen LogP contribution in [0.5, 0.6) is 11.5 Å². The van der Waals surface area contributed by atoms with Gasteiger partial charge in [-0.2, -0.15) is 0 Å². The third kappa shape index (κ3) is 4.48. The normalized spacial score (nSPS) is 10.7. The Morgan fingerprint density at radius 2 is 1.67 bits per heavy atom. The first-order chi connectivity index (χ1) is 10.1. The van der Waals surface area contributed by atoms with Crippen LogP contribution in [0.1, 0.15) is 30.0 Å². The van der Waals surface area contributed by atoms with E-state index in [2.05, 4.69) is 31.3 Å². The Labute approximate surface area is 132 Å². The van der Waals surface area contributed by atoms with E-state index in [-0.39, 0.29) is 0 Å². The summed E-state index contributed by atoms with van der Waals surface area (Å²) in [5.41, 5.74) is 3.46. The molecular weight excluding hydrogens is 282 g/mol. The molecule has 2 rings (SSSR count). The van der Waals surface area contributed by atoms with Gasteiger partial charge in [0.05, 0.1) is 0 Å². The number of rotatable bonds is 6. The van der Waals surface area contributed by atoms with E-state index in [1.165, 1.54) is 5.56 Å². The van der Waals surface area contributed by atoms with Gasteiger partial charge in [0.25, 0.3) is 0 Å². The van der Waals surface area contributed by atoms with Gasteiger partial charge < -0.3 is 10.1 Å². The third-order valence-corrected chi connectivity index (χ3v) is 3.59. The second kappa shape index (κ2) is 7.48. The first-order valence-corrected chi connectivity index (χ1v) is 7.72. The van der Waals surface area contributed by atoms with E-state index >= 15 is 0 Å². The van der Waals surface area contributed by atoms with Crippen LogP contribution >= 0.6 is 11.6 Å². The van der Waals surface area contributed by atoms with E-state index < -0.39 is 0 Å². The highest BCUT2D eigenvalue weighted by atomic mass is 35.5. The minimum atomic E-state index is 0.730. The topological polar surface area (TPSA) is 21.3 Å². The number of halogens is 1. The van der Waals surface area contributed by atoms with Crippen LogP contribution in [0.25, 0.3) is 0 Å². The zero-order chi connectivity index (χ0) is 15.2. The summed E-state index contributed by atoms with van der Waals surface area (Å²) in [5.74, 6) is 1.74. The van der Waals surface area contributed by atoms with Gasteiger partial charge in [-0.15, -0.1) is 0 Å². The molecular formula is C18H22ClNO. The predicted octanol–water partition coefficient (Wildman–Crippen LogP) is 5.25. The van der Waals surface area contributed by atoms with Crippen LogP contribution in [0, 0.1) is 13.8 Å². The maximum atomic E-state index is 6.00. The van der Waals surface area contributed by atoms with Gasteiger partial charge in [-0.05, 0) is 67.8 Å². The molecule has 0 fully saturated rings. The van der Waals surface area contributed by atoms with Crippen molar-refractivity contribution in [1.82, 2.24) is 5.32 Å². The van der Waals surface area contributed by atoms with Crippen LogP contribution in [0.4, 0.5) is 0 Å². The van der Waals surface area contributed by atoms with Gasteiger partial charge in [0, 0.05) is 11.6 Å². The lowest BCUT2D eigenvalue weighted by molar-refractivity contribution is 0.475. The highest BCUT2D eigenvalue weighted by molar-refractivity contribution is 6.30. The molecule has 0 atom stereocenters. The fourth-order valence-electron chi connectivity index (χ4n) is 2.19. The van der Waals surface area contributed by atoms with Gasteiger partial charge in [-0.25, -0.2) is 0 Å². The van der Waals surface area contributed by atoms with E-state index in [0.29, 0.717) is 0 Å². The molecule has 0 aliphatic rings. The summed E-state index contributed by atoms with van der Waals surface area (Å²) < 4.78 is 6.00. The van der Waals surface area contributed by atoms with Gasteiger partial charge in [0.15, 0.2) is 0 Å². The first kappa shape index (κ1) is 15.9. The summed E-state index contributed by atoms with van der Waals surface area (Å²) in [6.45, 7) is 8.18. The van der Waals surface area contributed by atoms with Crippen LogP contribution in [0.2, 0.25) is 5.02 Å². The molecule has 0 amide bonds. The van der Waals surface area contributed by atoms with Crippen molar-refractivity contribution in [2.45, 2.75) is 33.7 Å². The fourth-order valence-corrected chi connectivity index (χ4v) is 2.42. The maximum Gasteiger partial charge on any atom is 0.130 e. The van der Waals surface area contributed by atoms with Crippen LogP contribution in [0.15, 0.2) is 36.4 Å². The van der Waals surface area contributed by atoms with E-state index in [1.807, 2.05) is 31.2 Å². The second-order valence-corrected chi connectivity index (χ2v) is 5.72. The molecule has 21 heavy (non-hydrogen) atoms. The molecule has 0 spiro atoms. The van der Waals surface area contributed by atoms with Crippen molar-refractivity contribution in [3.05, 3.63) is 58.1 Å². The Bertz CT molecular complexity index is 610. The lowest BCUT2D eigenvalue weighted by atomic mass is 10.1. The lowest BCUT2D eigenvalue weighted by Gasteiger charge is -2.12. The second-order valence-electron chi connectivity index (χ2n) is 5.29. The Morgan fingerprint density at radius 1 is 1.00 bits per heavy atom. The lowest BCUT2D eigenvalue weighted by Crippen LogP contribution is -2.13. The van der Waals surface area contributed by atoms with Gasteiger partial charge >= 0.3 is 0 Å². The first-order valence-electron chi connectivity index (χ1n) is 7.34. The number of benzene rings is 2. The summed E-state index contributed by atoms with van der Waals surface area (Å²) in [6, 6.07) is 12.0. The molecule has 0 aromatic heterocycles. The number of ether oxygens (including phenoxy) is 1. The van der Waals surface area contributed by atoms with Gasteiger partial charge in [-0.1, -0.05) is 30.7 Å². The van der Waals surface area contributed by atoms with Crippen molar-refractivity contribution in [3.63, 3.8) is 0 Å². The number of hydrogen-bond donors (Lipinski definition) is 1. The van der Waals surface area contributed by atoms with Gasteiger partial charge in [0.1, 0.15) is 11.5 Å². The van der Waals surface area contributed by atoms with Gasteiger partial charge in [0.2, 0.25) is 0 Å². The minimum Gasteiger partial charge on any atom is -0.457 e. The van der Waals surface area contributed by atoms with Crippen LogP contribution in [-0.2, 0) is 6.54 Å². The third-order valence-electron chi connectivity index (χ3n) is 3.35. The van der Waals surface area contributed by atoms with E-state index in [0.717, 1.165) is 47.2 Å². The quantitative estimate of drug-likeness (QED) is 0.736. The van der Waals surface area contributed by atoms with Crippen LogP contribution in [-0.4, -0.2) is 6.54 Å². The fraction of sp³-hybridized carbons (Fsp3) is 0.333. The molecule has 0 bridgehead atoms. The van der Waals surface area contributed by atoms with Crippen molar-refractivity contribution in [2.24, 2.45) is 0 Å². The Kier molecular flexibility index (Phi) is 5.66. The minimum absolute atomic E-state index is 0.730. The van der Waals surface area contributed by atoms with E-state index in [4.69, 9.17) is 16.3 Å². The zero-order valence-corrected chi connectivity index (χ0v) is 13.6. The van der Waals surface area contributed by atoms with Gasteiger partial charge in [-0.3, -0.25) is 0 Å². The summed E-state index contributed by atoms with van der Waals surface area (Å²) in [5, 5.41) is 4.14. The average Bonchev–Trinajstić information content (AvgIpc) is 2.44. The highest BCUT2D eigenvalue weighted by Crippen LogP contribution is 2.29. The SMILES string of the molecule is CCCNCc1ccc(Oc2ccc(Cl)cc2C)c(C)c1. The number of nitrogens with one attached hydrogen (secondary N) is 1. The molecule has 2 nitrogen and oxygen atoms in total. The zero-order valence-electron chi connectivity index (χ0n) is 12.9. The molecule has 2 aromatic carbocycles. The van der Waals surface area contributed by atoms with Crippen molar-refractivity contribution in [1.29, 1.82) is 0 Å². The van der Waals surface area contributed by atoms with Crippen molar-refractivity contribution in [3.8, 4) is 11.5 Å². The molecule has 2 aromatic rings. The Balaban J connectivity index is 2.10. The monoisotopic (exact) mass is 303 g/mol. The number of aryl methyl sites for hydroxylation is 2. The molecule has 0 unspecified atom stereocenters. The summed E-state index contributed by atoms with van der Waals surface area (Å²) in [7, 11) is 0. The Hall–Kier alpha value is -1.51. The van der Waals surface area contributed by atoms with Crippen molar-refractivity contribution >= 4 is 11.6 Å². The molecule has 0 radical (unpaired) electrons. The van der Waals surface area contributed by atoms with Crippen molar-refractivity contribution < 1.29 is 4.74 Å². The molecule has 0 aliphatic heterocycles. The largest absolute Gasteiger partial charge is 0.457 e. The maximum absolute atomic E-state index is 6.00. The molecule has 0 saturated carbocycles. The standard InChI is InChI=1S/C18H22ClNO/c1-4-9-20-12-15-5-7-17(13(2)10-15)21-18-8-6-16(19)11-14(18)3/h5-8,10-11,20H,4,9,12H2,1-3H3. The van der Waals surface area contributed by atoms with Crippen molar-refractivity contribution in [2.75, 3.05) is 6.54 Å². The van der Waals surface area contributed by atoms with E-state index in [1.54, 1.807) is 0 Å². The molecule has 112 valence electrons. The Morgan fingerprint density at radius 3 is 2.29 bits per heavy atom. The highest BCUT2D eigenvalue weighted by Gasteiger charge is 2.06. The number of hydrogen-bond acceptors (Lipinski definition) is 2. The smallest absolute Gasteiger partial charge is 0.130 e. The van der Waals surface area contributed by atoms with Crippen LogP contribution in [0.3, 0.4) is 0 Å². The van der Waals surface area contributed by atoms with Crippen LogP contribution < -0.4 is 10.1 Å². The van der Waals surface area contributed by atoms with E-state index in [9.17, 15) is 0 Å². The molecule has 1 N–H and O–H groups in total. The average molecular weight is 304 g/mol.